The van der Waals surface area contributed by atoms with Crippen LogP contribution in [0.1, 0.15) is 11.6 Å². The van der Waals surface area contributed by atoms with Gasteiger partial charge in [-0.05, 0) is 38.4 Å². The summed E-state index contributed by atoms with van der Waals surface area (Å²) in [5.74, 6) is -1.45. The van der Waals surface area contributed by atoms with E-state index in [1.165, 1.54) is 24.3 Å². The Kier molecular flexibility index (Phi) is 6.40. The lowest BCUT2D eigenvalue weighted by Crippen LogP contribution is -2.35. The summed E-state index contributed by atoms with van der Waals surface area (Å²) in [6, 6.07) is 6.60. The molecule has 25 heavy (non-hydrogen) atoms. The van der Waals surface area contributed by atoms with Crippen LogP contribution in [0, 0.1) is 11.6 Å². The van der Waals surface area contributed by atoms with E-state index < -0.39 is 27.7 Å². The molecule has 0 radical (unpaired) electrons. The van der Waals surface area contributed by atoms with E-state index >= 15 is 0 Å². The van der Waals surface area contributed by atoms with Gasteiger partial charge in [0.1, 0.15) is 16.5 Å². The van der Waals surface area contributed by atoms with Crippen molar-refractivity contribution in [3.8, 4) is 0 Å². The molecular formula is C16H16Cl2F2N2O2S. The lowest BCUT2D eigenvalue weighted by atomic mass is 10.1. The molecule has 0 aliphatic carbocycles. The van der Waals surface area contributed by atoms with Gasteiger partial charge in [0.15, 0.2) is 0 Å². The number of sulfonamides is 1. The molecule has 0 unspecified atom stereocenters. The van der Waals surface area contributed by atoms with Crippen LogP contribution < -0.4 is 4.72 Å². The summed E-state index contributed by atoms with van der Waals surface area (Å²) < 4.78 is 54.5. The van der Waals surface area contributed by atoms with Crippen molar-refractivity contribution in [3.05, 3.63) is 63.6 Å². The number of nitrogens with one attached hydrogen (secondary N) is 1. The van der Waals surface area contributed by atoms with Gasteiger partial charge in [0.25, 0.3) is 0 Å². The van der Waals surface area contributed by atoms with Crippen molar-refractivity contribution in [1.29, 1.82) is 0 Å². The van der Waals surface area contributed by atoms with Gasteiger partial charge in [0.2, 0.25) is 10.0 Å². The van der Waals surface area contributed by atoms with Gasteiger partial charge in [-0.2, -0.15) is 0 Å². The molecule has 2 aromatic carbocycles. The van der Waals surface area contributed by atoms with Crippen molar-refractivity contribution in [2.24, 2.45) is 0 Å². The van der Waals surface area contributed by atoms with Crippen LogP contribution in [-0.4, -0.2) is 34.0 Å². The topological polar surface area (TPSA) is 49.4 Å². The van der Waals surface area contributed by atoms with Gasteiger partial charge >= 0.3 is 0 Å². The van der Waals surface area contributed by atoms with Crippen LogP contribution in [0.15, 0.2) is 41.3 Å². The first-order valence-corrected chi connectivity index (χ1v) is 9.42. The summed E-state index contributed by atoms with van der Waals surface area (Å²) in [7, 11) is -0.639. The largest absolute Gasteiger partial charge is 0.301 e. The Morgan fingerprint density at radius 3 is 2.40 bits per heavy atom. The molecule has 9 heteroatoms. The molecule has 0 aromatic heterocycles. The summed E-state index contributed by atoms with van der Waals surface area (Å²) in [5, 5.41) is 0.241. The zero-order valence-corrected chi connectivity index (χ0v) is 15.8. The molecule has 0 amide bonds. The molecule has 0 heterocycles. The van der Waals surface area contributed by atoms with Crippen LogP contribution in [0.5, 0.6) is 0 Å². The first-order chi connectivity index (χ1) is 11.6. The number of likely N-dealkylation sites (N-methyl/N-ethyl adjacent to an activating group) is 1. The Morgan fingerprint density at radius 1 is 1.12 bits per heavy atom. The molecule has 1 N–H and O–H groups in total. The zero-order chi connectivity index (χ0) is 18.8. The van der Waals surface area contributed by atoms with Gasteiger partial charge in [0, 0.05) is 23.2 Å². The van der Waals surface area contributed by atoms with E-state index in [1.54, 1.807) is 19.0 Å². The third-order valence-corrected chi connectivity index (χ3v) is 5.73. The third kappa shape index (κ3) is 4.89. The molecule has 0 bridgehead atoms. The average molecular weight is 409 g/mol. The number of rotatable bonds is 6. The van der Waals surface area contributed by atoms with Gasteiger partial charge in [-0.25, -0.2) is 21.9 Å². The van der Waals surface area contributed by atoms with E-state index in [4.69, 9.17) is 23.2 Å². The van der Waals surface area contributed by atoms with Gasteiger partial charge in [-0.1, -0.05) is 29.3 Å². The van der Waals surface area contributed by atoms with Crippen LogP contribution >= 0.6 is 23.2 Å². The Labute approximate surface area is 155 Å². The second-order valence-corrected chi connectivity index (χ2v) is 8.15. The van der Waals surface area contributed by atoms with Gasteiger partial charge in [-0.15, -0.1) is 0 Å². The fourth-order valence-electron chi connectivity index (χ4n) is 2.29. The minimum absolute atomic E-state index is 0.0197. The highest BCUT2D eigenvalue weighted by atomic mass is 35.5. The minimum atomic E-state index is -3.96. The van der Waals surface area contributed by atoms with Crippen molar-refractivity contribution >= 4 is 33.2 Å². The van der Waals surface area contributed by atoms with Gasteiger partial charge in [-0.3, -0.25) is 0 Å². The molecule has 0 aliphatic heterocycles. The number of hydrogen-bond acceptors (Lipinski definition) is 3. The van der Waals surface area contributed by atoms with E-state index in [0.29, 0.717) is 0 Å². The summed E-state index contributed by atoms with van der Waals surface area (Å²) in [4.78, 5) is 1.46. The van der Waals surface area contributed by atoms with E-state index in [-0.39, 0.29) is 27.0 Å². The van der Waals surface area contributed by atoms with E-state index in [9.17, 15) is 17.2 Å². The molecule has 0 saturated heterocycles. The van der Waals surface area contributed by atoms with Crippen molar-refractivity contribution in [1.82, 2.24) is 9.62 Å². The highest BCUT2D eigenvalue weighted by Gasteiger charge is 2.24. The minimum Gasteiger partial charge on any atom is -0.301 e. The van der Waals surface area contributed by atoms with Crippen molar-refractivity contribution in [2.45, 2.75) is 10.9 Å². The Bertz CT molecular complexity index is 876. The molecule has 0 saturated carbocycles. The molecule has 2 aromatic rings. The molecule has 1 atom stereocenters. The lowest BCUT2D eigenvalue weighted by Gasteiger charge is -2.25. The highest BCUT2D eigenvalue weighted by molar-refractivity contribution is 7.89. The van der Waals surface area contributed by atoms with Gasteiger partial charge < -0.3 is 4.90 Å². The van der Waals surface area contributed by atoms with E-state index in [2.05, 4.69) is 4.72 Å². The van der Waals surface area contributed by atoms with Crippen molar-refractivity contribution in [3.63, 3.8) is 0 Å². The van der Waals surface area contributed by atoms with E-state index in [0.717, 1.165) is 12.1 Å². The van der Waals surface area contributed by atoms with Crippen molar-refractivity contribution < 1.29 is 17.2 Å². The first kappa shape index (κ1) is 20.1. The summed E-state index contributed by atoms with van der Waals surface area (Å²) in [6.07, 6.45) is 0. The Morgan fingerprint density at radius 2 is 1.80 bits per heavy atom. The van der Waals surface area contributed by atoms with Crippen LogP contribution in [0.2, 0.25) is 10.0 Å². The van der Waals surface area contributed by atoms with Gasteiger partial charge in [0.05, 0.1) is 11.1 Å². The molecule has 136 valence electrons. The maximum absolute atomic E-state index is 14.0. The Balaban J connectivity index is 2.28. The molecular weight excluding hydrogens is 393 g/mol. The third-order valence-electron chi connectivity index (χ3n) is 3.59. The number of benzene rings is 2. The zero-order valence-electron chi connectivity index (χ0n) is 13.4. The average Bonchev–Trinajstić information content (AvgIpc) is 2.51. The second-order valence-electron chi connectivity index (χ2n) is 5.57. The van der Waals surface area contributed by atoms with Crippen LogP contribution in [0.4, 0.5) is 8.78 Å². The Hall–Kier alpha value is -1.25. The number of hydrogen-bond donors (Lipinski definition) is 1. The second kappa shape index (κ2) is 7.97. The maximum atomic E-state index is 14.0. The predicted octanol–water partition coefficient (Wildman–Crippen LogP) is 3.85. The summed E-state index contributed by atoms with van der Waals surface area (Å²) in [5.41, 5.74) is 0.172. The van der Waals surface area contributed by atoms with Crippen LogP contribution in [-0.2, 0) is 10.0 Å². The van der Waals surface area contributed by atoms with Crippen LogP contribution in [0.3, 0.4) is 0 Å². The number of nitrogens with zero attached hydrogens (tertiary/aromatic N) is 1. The number of halogens is 4. The van der Waals surface area contributed by atoms with E-state index in [1.807, 2.05) is 0 Å². The SMILES string of the molecule is CN(C)[C@H](CNS(=O)(=O)c1cc(Cl)ccc1Cl)c1ccc(F)cc1F. The molecule has 0 aliphatic rings. The quantitative estimate of drug-likeness (QED) is 0.789. The summed E-state index contributed by atoms with van der Waals surface area (Å²) >= 11 is 11.8. The highest BCUT2D eigenvalue weighted by Crippen LogP contribution is 2.26. The normalized spacial score (nSPS) is 13.2. The molecule has 2 rings (SSSR count). The molecule has 0 spiro atoms. The lowest BCUT2D eigenvalue weighted by molar-refractivity contribution is 0.291. The molecule has 4 nitrogen and oxygen atoms in total. The van der Waals surface area contributed by atoms with Crippen LogP contribution in [0.25, 0.3) is 0 Å². The smallest absolute Gasteiger partial charge is 0.242 e. The summed E-state index contributed by atoms with van der Waals surface area (Å²) in [6.45, 7) is -0.138. The standard InChI is InChI=1S/C16H16Cl2F2N2O2S/c1-22(2)15(12-5-4-11(19)8-14(12)20)9-21-25(23,24)16-7-10(17)3-6-13(16)18/h3-8,15,21H,9H2,1-2H3/t15-/m1/s1. The predicted molar refractivity (Wildman–Crippen MR) is 94.4 cm³/mol. The maximum Gasteiger partial charge on any atom is 0.242 e. The molecule has 0 fully saturated rings. The fraction of sp³-hybridized carbons (Fsp3) is 0.250. The van der Waals surface area contributed by atoms with Crippen molar-refractivity contribution in [2.75, 3.05) is 20.6 Å². The fourth-order valence-corrected chi connectivity index (χ4v) is 4.09. The first-order valence-electron chi connectivity index (χ1n) is 7.18. The monoisotopic (exact) mass is 408 g/mol.